The molecule has 0 aliphatic carbocycles. The minimum absolute atomic E-state index is 0.254. The minimum atomic E-state index is 0.254. The molecule has 0 saturated carbocycles. The SMILES string of the molecule is CCCN(CCC)CCCCCC(=O)c1ccc(CN(CC2=NC=CC2)Cc2ncc[nH]2)cc1. The lowest BCUT2D eigenvalue weighted by Gasteiger charge is -2.21. The smallest absolute Gasteiger partial charge is 0.162 e. The van der Waals surface area contributed by atoms with E-state index in [2.05, 4.69) is 56.8 Å². The normalized spacial score (nSPS) is 13.2. The van der Waals surface area contributed by atoms with Gasteiger partial charge in [0.25, 0.3) is 0 Å². The highest BCUT2D eigenvalue weighted by Crippen LogP contribution is 2.14. The Balaban J connectivity index is 1.44. The highest BCUT2D eigenvalue weighted by molar-refractivity contribution is 5.96. The minimum Gasteiger partial charge on any atom is -0.348 e. The van der Waals surface area contributed by atoms with E-state index < -0.39 is 0 Å². The average Bonchev–Trinajstić information content (AvgIpc) is 3.54. The molecule has 0 spiro atoms. The van der Waals surface area contributed by atoms with Gasteiger partial charge in [0.05, 0.1) is 6.54 Å². The van der Waals surface area contributed by atoms with E-state index in [9.17, 15) is 4.79 Å². The number of ketones is 1. The molecule has 1 aliphatic rings. The van der Waals surface area contributed by atoms with E-state index in [1.807, 2.05) is 24.5 Å². The molecule has 1 aliphatic heterocycles. The topological polar surface area (TPSA) is 64.6 Å². The average molecular weight is 464 g/mol. The van der Waals surface area contributed by atoms with Crippen LogP contribution in [0, 0.1) is 0 Å². The molecule has 1 aromatic heterocycles. The summed E-state index contributed by atoms with van der Waals surface area (Å²) >= 11 is 0. The zero-order valence-corrected chi connectivity index (χ0v) is 21.0. The summed E-state index contributed by atoms with van der Waals surface area (Å²) in [5, 5.41) is 0. The third-order valence-electron chi connectivity index (χ3n) is 6.19. The van der Waals surface area contributed by atoms with Gasteiger partial charge in [-0.25, -0.2) is 4.98 Å². The van der Waals surface area contributed by atoms with E-state index in [4.69, 9.17) is 0 Å². The third-order valence-corrected chi connectivity index (χ3v) is 6.19. The summed E-state index contributed by atoms with van der Waals surface area (Å²) in [7, 11) is 0. The van der Waals surface area contributed by atoms with Gasteiger partial charge in [0.2, 0.25) is 0 Å². The Morgan fingerprint density at radius 1 is 0.941 bits per heavy atom. The van der Waals surface area contributed by atoms with Crippen LogP contribution in [0.15, 0.2) is 53.9 Å². The predicted octanol–water partition coefficient (Wildman–Crippen LogP) is 5.64. The monoisotopic (exact) mass is 463 g/mol. The number of Topliss-reactive ketones (excluding diaryl/α,β-unsaturated/α-hetero) is 1. The van der Waals surface area contributed by atoms with Crippen LogP contribution in [0.25, 0.3) is 0 Å². The number of imidazole rings is 1. The molecule has 34 heavy (non-hydrogen) atoms. The van der Waals surface area contributed by atoms with E-state index in [1.54, 1.807) is 6.20 Å². The van der Waals surface area contributed by atoms with Crippen molar-refractivity contribution >= 4 is 11.5 Å². The van der Waals surface area contributed by atoms with Crippen molar-refractivity contribution in [1.29, 1.82) is 0 Å². The highest BCUT2D eigenvalue weighted by atomic mass is 16.1. The Hall–Kier alpha value is -2.57. The standard InChI is InChI=1S/C28H41N5O/c1-3-18-32(19-4-2)20-7-5-6-10-27(34)25-13-11-24(12-14-25)21-33(22-26-9-8-15-29-26)23-28-30-16-17-31-28/h8,11-17H,3-7,9-10,18-23H2,1-2H3,(H,30,31). The molecule has 0 unspecified atom stereocenters. The van der Waals surface area contributed by atoms with Gasteiger partial charge in [-0.15, -0.1) is 0 Å². The molecule has 184 valence electrons. The summed E-state index contributed by atoms with van der Waals surface area (Å²) in [5.74, 6) is 1.20. The van der Waals surface area contributed by atoms with Crippen molar-refractivity contribution < 1.29 is 4.79 Å². The summed E-state index contributed by atoms with van der Waals surface area (Å²) < 4.78 is 0. The number of unbranched alkanes of at least 4 members (excludes halogenated alkanes) is 2. The van der Waals surface area contributed by atoms with Gasteiger partial charge in [-0.2, -0.15) is 0 Å². The summed E-state index contributed by atoms with van der Waals surface area (Å²) in [6.45, 7) is 10.3. The van der Waals surface area contributed by atoms with Gasteiger partial charge < -0.3 is 9.88 Å². The number of nitrogens with one attached hydrogen (secondary N) is 1. The largest absolute Gasteiger partial charge is 0.348 e. The summed E-state index contributed by atoms with van der Waals surface area (Å²) in [6, 6.07) is 8.15. The molecule has 2 heterocycles. The van der Waals surface area contributed by atoms with Gasteiger partial charge in [0.15, 0.2) is 5.78 Å². The number of H-pyrrole nitrogens is 1. The van der Waals surface area contributed by atoms with Crippen LogP contribution in [0.4, 0.5) is 0 Å². The van der Waals surface area contributed by atoms with Crippen molar-refractivity contribution in [2.24, 2.45) is 4.99 Å². The maximum absolute atomic E-state index is 12.7. The Morgan fingerprint density at radius 3 is 2.38 bits per heavy atom. The lowest BCUT2D eigenvalue weighted by molar-refractivity contribution is 0.0978. The van der Waals surface area contributed by atoms with Gasteiger partial charge >= 0.3 is 0 Å². The molecule has 6 heteroatoms. The Morgan fingerprint density at radius 2 is 1.74 bits per heavy atom. The van der Waals surface area contributed by atoms with E-state index in [1.165, 1.54) is 43.6 Å². The number of aliphatic imine (C=N–C) groups is 1. The molecule has 1 aromatic carbocycles. The van der Waals surface area contributed by atoms with E-state index >= 15 is 0 Å². The van der Waals surface area contributed by atoms with Gasteiger partial charge in [-0.1, -0.05) is 50.6 Å². The summed E-state index contributed by atoms with van der Waals surface area (Å²) in [4.78, 5) is 29.6. The van der Waals surface area contributed by atoms with Crippen molar-refractivity contribution in [3.05, 3.63) is 65.9 Å². The van der Waals surface area contributed by atoms with Crippen molar-refractivity contribution in [3.8, 4) is 0 Å². The second-order valence-corrected chi connectivity index (χ2v) is 9.24. The van der Waals surface area contributed by atoms with Crippen molar-refractivity contribution in [2.45, 2.75) is 71.9 Å². The van der Waals surface area contributed by atoms with Gasteiger partial charge in [-0.05, 0) is 50.9 Å². The van der Waals surface area contributed by atoms with Crippen LogP contribution in [-0.4, -0.2) is 57.4 Å². The zero-order valence-electron chi connectivity index (χ0n) is 21.0. The molecule has 2 aromatic rings. The number of carbonyl (C=O) groups is 1. The summed E-state index contributed by atoms with van der Waals surface area (Å²) in [5.41, 5.74) is 3.19. The van der Waals surface area contributed by atoms with Crippen LogP contribution >= 0.6 is 0 Å². The molecular formula is C28H41N5O. The second-order valence-electron chi connectivity index (χ2n) is 9.24. The van der Waals surface area contributed by atoms with Crippen LogP contribution in [0.5, 0.6) is 0 Å². The molecular weight excluding hydrogens is 422 g/mol. The first-order chi connectivity index (χ1) is 16.7. The quantitative estimate of drug-likeness (QED) is 0.244. The fourth-order valence-electron chi connectivity index (χ4n) is 4.49. The number of nitrogens with zero attached hydrogens (tertiary/aromatic N) is 4. The number of allylic oxidation sites excluding steroid dienone is 1. The van der Waals surface area contributed by atoms with E-state index in [0.717, 1.165) is 56.8 Å². The zero-order chi connectivity index (χ0) is 24.0. The van der Waals surface area contributed by atoms with Gasteiger partial charge in [0.1, 0.15) is 5.82 Å². The fraction of sp³-hybridized carbons (Fsp3) is 0.536. The number of benzene rings is 1. The lowest BCUT2D eigenvalue weighted by atomic mass is 10.0. The van der Waals surface area contributed by atoms with E-state index in [-0.39, 0.29) is 5.78 Å². The number of hydrogen-bond donors (Lipinski definition) is 1. The molecule has 0 fully saturated rings. The van der Waals surface area contributed by atoms with Gasteiger partial charge in [-0.3, -0.25) is 14.7 Å². The predicted molar refractivity (Wildman–Crippen MR) is 140 cm³/mol. The first-order valence-corrected chi connectivity index (χ1v) is 12.9. The van der Waals surface area contributed by atoms with Crippen LogP contribution in [-0.2, 0) is 13.1 Å². The molecule has 0 bridgehead atoms. The summed E-state index contributed by atoms with van der Waals surface area (Å²) in [6.07, 6.45) is 14.9. The highest BCUT2D eigenvalue weighted by Gasteiger charge is 2.14. The Bertz CT molecular complexity index is 895. The lowest BCUT2D eigenvalue weighted by Crippen LogP contribution is -2.29. The molecule has 3 rings (SSSR count). The molecule has 0 radical (unpaired) electrons. The third kappa shape index (κ3) is 8.99. The molecule has 0 amide bonds. The maximum atomic E-state index is 12.7. The molecule has 6 nitrogen and oxygen atoms in total. The number of aromatic amines is 1. The Kier molecular flexibility index (Phi) is 11.2. The van der Waals surface area contributed by atoms with E-state index in [0.29, 0.717) is 6.42 Å². The van der Waals surface area contributed by atoms with Crippen LogP contribution in [0.2, 0.25) is 0 Å². The van der Waals surface area contributed by atoms with Crippen LogP contribution < -0.4 is 0 Å². The second kappa shape index (κ2) is 14.6. The number of hydrogen-bond acceptors (Lipinski definition) is 5. The number of rotatable bonds is 17. The Labute approximate surface area is 205 Å². The van der Waals surface area contributed by atoms with Crippen molar-refractivity contribution in [3.63, 3.8) is 0 Å². The van der Waals surface area contributed by atoms with Crippen LogP contribution in [0.1, 0.15) is 80.5 Å². The number of carbonyl (C=O) groups excluding carboxylic acids is 1. The fourth-order valence-corrected chi connectivity index (χ4v) is 4.49. The maximum Gasteiger partial charge on any atom is 0.162 e. The molecule has 0 saturated heterocycles. The molecule has 0 atom stereocenters. The van der Waals surface area contributed by atoms with Crippen molar-refractivity contribution in [1.82, 2.24) is 19.8 Å². The van der Waals surface area contributed by atoms with Crippen LogP contribution in [0.3, 0.4) is 0 Å². The first-order valence-electron chi connectivity index (χ1n) is 12.9. The van der Waals surface area contributed by atoms with Gasteiger partial charge in [0, 0.05) is 55.8 Å². The number of aromatic nitrogens is 2. The van der Waals surface area contributed by atoms with Crippen molar-refractivity contribution in [2.75, 3.05) is 26.2 Å². The first kappa shape index (κ1) is 26.0. The molecule has 1 N–H and O–H groups in total.